The van der Waals surface area contributed by atoms with Gasteiger partial charge in [-0.3, -0.25) is 9.69 Å². The topological polar surface area (TPSA) is 29.5 Å². The maximum Gasteiger partial charge on any atom is 0.211 e. The van der Waals surface area contributed by atoms with E-state index >= 15 is 0 Å². The highest BCUT2D eigenvalue weighted by atomic mass is 35.5. The van der Waals surface area contributed by atoms with Gasteiger partial charge in [0, 0.05) is 13.1 Å². The first kappa shape index (κ1) is 17.7. The average Bonchev–Trinajstić information content (AvgIpc) is 2.93. The van der Waals surface area contributed by atoms with Gasteiger partial charge in [0.25, 0.3) is 0 Å². The number of ether oxygens (including phenoxy) is 1. The smallest absolute Gasteiger partial charge is 0.211 e. The number of hydrogen-bond acceptors (Lipinski definition) is 3. The Morgan fingerprint density at radius 2 is 1.68 bits per heavy atom. The largest absolute Gasteiger partial charge is 0.485 e. The van der Waals surface area contributed by atoms with Crippen molar-refractivity contribution in [2.75, 3.05) is 13.1 Å². The van der Waals surface area contributed by atoms with E-state index in [0.717, 1.165) is 31.5 Å². The number of piperidine rings is 1. The lowest BCUT2D eigenvalue weighted by Gasteiger charge is -2.38. The third-order valence-corrected chi connectivity index (χ3v) is 4.93. The molecule has 130 valence electrons. The second-order valence-corrected chi connectivity index (χ2v) is 6.64. The van der Waals surface area contributed by atoms with Crippen LogP contribution in [0.4, 0.5) is 0 Å². The van der Waals surface area contributed by atoms with Crippen LogP contribution in [0, 0.1) is 0 Å². The van der Waals surface area contributed by atoms with Crippen LogP contribution in [0.1, 0.15) is 24.0 Å². The van der Waals surface area contributed by atoms with Crippen molar-refractivity contribution in [1.82, 2.24) is 4.90 Å². The molecule has 1 saturated heterocycles. The minimum Gasteiger partial charge on any atom is -0.485 e. The van der Waals surface area contributed by atoms with Crippen molar-refractivity contribution in [3.05, 3.63) is 78.1 Å². The Morgan fingerprint density at radius 3 is 2.40 bits per heavy atom. The molecule has 1 atom stereocenters. The van der Waals surface area contributed by atoms with E-state index < -0.39 is 5.60 Å². The molecule has 2 aliphatic heterocycles. The van der Waals surface area contributed by atoms with Gasteiger partial charge >= 0.3 is 0 Å². The van der Waals surface area contributed by atoms with E-state index in [1.54, 1.807) is 6.26 Å². The van der Waals surface area contributed by atoms with Crippen LogP contribution in [-0.2, 0) is 16.1 Å². The van der Waals surface area contributed by atoms with Gasteiger partial charge in [-0.2, -0.15) is 0 Å². The maximum absolute atomic E-state index is 13.1. The molecule has 1 fully saturated rings. The first-order valence-corrected chi connectivity index (χ1v) is 8.51. The normalized spacial score (nSPS) is 23.0. The monoisotopic (exact) mass is 355 g/mol. The predicted molar refractivity (Wildman–Crippen MR) is 101 cm³/mol. The fraction of sp³-hybridized carbons (Fsp3) is 0.286. The summed E-state index contributed by atoms with van der Waals surface area (Å²) in [4.78, 5) is 15.4. The highest BCUT2D eigenvalue weighted by Gasteiger charge is 2.48. The molecule has 0 amide bonds. The lowest BCUT2D eigenvalue weighted by atomic mass is 9.85. The molecule has 3 nitrogen and oxygen atoms in total. The van der Waals surface area contributed by atoms with Gasteiger partial charge < -0.3 is 4.74 Å². The lowest BCUT2D eigenvalue weighted by molar-refractivity contribution is -0.134. The van der Waals surface area contributed by atoms with E-state index in [-0.39, 0.29) is 18.2 Å². The van der Waals surface area contributed by atoms with E-state index in [9.17, 15) is 4.79 Å². The molecule has 0 aliphatic carbocycles. The number of halogens is 1. The molecule has 4 rings (SSSR count). The van der Waals surface area contributed by atoms with Gasteiger partial charge in [-0.1, -0.05) is 60.7 Å². The van der Waals surface area contributed by atoms with Crippen LogP contribution in [0.5, 0.6) is 0 Å². The van der Waals surface area contributed by atoms with Crippen LogP contribution in [-0.4, -0.2) is 29.4 Å². The quantitative estimate of drug-likeness (QED) is 0.830. The number of Topliss-reactive ketones (excluding diaryl/α,β-unsaturated/α-hetero) is 1. The molecule has 0 radical (unpaired) electrons. The summed E-state index contributed by atoms with van der Waals surface area (Å²) >= 11 is 0. The molecule has 1 spiro atoms. The molecule has 4 heteroatoms. The predicted octanol–water partition coefficient (Wildman–Crippen LogP) is 4.08. The number of rotatable bonds is 3. The summed E-state index contributed by atoms with van der Waals surface area (Å²) in [5.41, 5.74) is 2.23. The van der Waals surface area contributed by atoms with E-state index in [4.69, 9.17) is 4.74 Å². The maximum atomic E-state index is 13.1. The summed E-state index contributed by atoms with van der Waals surface area (Å²) in [6.45, 7) is 2.53. The third kappa shape index (κ3) is 3.48. The van der Waals surface area contributed by atoms with Crippen LogP contribution >= 0.6 is 12.4 Å². The van der Waals surface area contributed by atoms with Crippen LogP contribution in [0.15, 0.2) is 66.9 Å². The van der Waals surface area contributed by atoms with Crippen LogP contribution in [0.25, 0.3) is 5.57 Å². The van der Waals surface area contributed by atoms with Crippen molar-refractivity contribution in [3.63, 3.8) is 0 Å². The Kier molecular flexibility index (Phi) is 5.26. The van der Waals surface area contributed by atoms with Crippen molar-refractivity contribution in [3.8, 4) is 0 Å². The lowest BCUT2D eigenvalue weighted by Crippen LogP contribution is -2.52. The number of likely N-dealkylation sites (tertiary alicyclic amines) is 1. The number of hydrogen-bond donors (Lipinski definition) is 0. The number of benzene rings is 2. The Morgan fingerprint density at radius 1 is 1.00 bits per heavy atom. The van der Waals surface area contributed by atoms with Gasteiger partial charge in [0.2, 0.25) is 5.78 Å². The Balaban J connectivity index is 0.00000182. The van der Waals surface area contributed by atoms with Crippen LogP contribution in [0.3, 0.4) is 0 Å². The number of ketones is 1. The van der Waals surface area contributed by atoms with Crippen molar-refractivity contribution < 1.29 is 9.53 Å². The first-order valence-electron chi connectivity index (χ1n) is 8.51. The van der Waals surface area contributed by atoms with Crippen LogP contribution in [0.2, 0.25) is 0 Å². The summed E-state index contributed by atoms with van der Waals surface area (Å²) < 4.78 is 5.98. The van der Waals surface area contributed by atoms with Gasteiger partial charge in [-0.05, 0) is 30.5 Å². The molecule has 2 aliphatic rings. The van der Waals surface area contributed by atoms with E-state index in [1.165, 1.54) is 5.56 Å². The SMILES string of the molecule is Cl.O=C1C(c2ccccc2)=COC12CCCN(Cc1ccccc1)C2. The Hall–Kier alpha value is -2.10. The zero-order chi connectivity index (χ0) is 16.4. The average molecular weight is 356 g/mol. The molecule has 2 aromatic carbocycles. The molecular formula is C21H22ClNO2. The first-order chi connectivity index (χ1) is 11.8. The van der Waals surface area contributed by atoms with Crippen molar-refractivity contribution in [1.29, 1.82) is 0 Å². The highest BCUT2D eigenvalue weighted by Crippen LogP contribution is 2.37. The van der Waals surface area contributed by atoms with Gasteiger partial charge in [0.1, 0.15) is 0 Å². The second-order valence-electron chi connectivity index (χ2n) is 6.64. The van der Waals surface area contributed by atoms with Crippen molar-refractivity contribution in [2.24, 2.45) is 0 Å². The summed E-state index contributed by atoms with van der Waals surface area (Å²) in [6, 6.07) is 20.2. The standard InChI is InChI=1S/C21H21NO2.ClH/c23-20-19(18-10-5-2-6-11-18)15-24-21(20)12-7-13-22(16-21)14-17-8-3-1-4-9-17;/h1-6,8-11,15H,7,12-14,16H2;1H. The molecular weight excluding hydrogens is 334 g/mol. The Labute approximate surface area is 154 Å². The molecule has 0 N–H and O–H groups in total. The minimum atomic E-state index is -0.696. The summed E-state index contributed by atoms with van der Waals surface area (Å²) in [5, 5.41) is 0. The van der Waals surface area contributed by atoms with Crippen molar-refractivity contribution in [2.45, 2.75) is 25.0 Å². The number of nitrogens with zero attached hydrogens (tertiary/aromatic N) is 1. The molecule has 0 bridgehead atoms. The fourth-order valence-corrected chi connectivity index (χ4v) is 3.71. The number of carbonyl (C=O) groups excluding carboxylic acids is 1. The summed E-state index contributed by atoms with van der Waals surface area (Å²) in [5.74, 6) is 0.131. The van der Waals surface area contributed by atoms with Crippen molar-refractivity contribution >= 4 is 23.8 Å². The zero-order valence-electron chi connectivity index (χ0n) is 14.1. The molecule has 0 saturated carbocycles. The third-order valence-electron chi connectivity index (χ3n) is 4.93. The van der Waals surface area contributed by atoms with E-state index in [1.807, 2.05) is 36.4 Å². The Bertz CT molecular complexity index is 760. The van der Waals surface area contributed by atoms with Gasteiger partial charge in [-0.15, -0.1) is 12.4 Å². The van der Waals surface area contributed by atoms with Gasteiger partial charge in [0.15, 0.2) is 5.60 Å². The molecule has 25 heavy (non-hydrogen) atoms. The van der Waals surface area contributed by atoms with E-state index in [2.05, 4.69) is 29.2 Å². The number of carbonyl (C=O) groups is 1. The van der Waals surface area contributed by atoms with Crippen LogP contribution < -0.4 is 0 Å². The highest BCUT2D eigenvalue weighted by molar-refractivity contribution is 6.26. The molecule has 2 aromatic rings. The summed E-state index contributed by atoms with van der Waals surface area (Å²) in [7, 11) is 0. The van der Waals surface area contributed by atoms with Gasteiger partial charge in [-0.25, -0.2) is 0 Å². The van der Waals surface area contributed by atoms with E-state index in [0.29, 0.717) is 12.1 Å². The van der Waals surface area contributed by atoms with Gasteiger partial charge in [0.05, 0.1) is 11.8 Å². The molecule has 0 aromatic heterocycles. The zero-order valence-corrected chi connectivity index (χ0v) is 14.9. The molecule has 2 heterocycles. The fourth-order valence-electron chi connectivity index (χ4n) is 3.71. The summed E-state index contributed by atoms with van der Waals surface area (Å²) in [6.07, 6.45) is 3.45. The minimum absolute atomic E-state index is 0. The second kappa shape index (κ2) is 7.42. The molecule has 1 unspecified atom stereocenters.